The van der Waals surface area contributed by atoms with E-state index in [1.807, 2.05) is 11.7 Å². The third-order valence-electron chi connectivity index (χ3n) is 4.35. The molecule has 0 radical (unpaired) electrons. The van der Waals surface area contributed by atoms with Crippen molar-refractivity contribution in [3.8, 4) is 0 Å². The summed E-state index contributed by atoms with van der Waals surface area (Å²) in [7, 11) is 6.32. The molecular weight excluding hydrogens is 238 g/mol. The van der Waals surface area contributed by atoms with Crippen LogP contribution in [0.15, 0.2) is 6.33 Å². The molecule has 0 bridgehead atoms. The largest absolute Gasteiger partial charge is 0.315 e. The molecule has 0 aliphatic carbocycles. The van der Waals surface area contributed by atoms with E-state index in [-0.39, 0.29) is 5.54 Å². The summed E-state index contributed by atoms with van der Waals surface area (Å²) in [4.78, 5) is 6.72. The van der Waals surface area contributed by atoms with Crippen molar-refractivity contribution >= 4 is 0 Å². The highest BCUT2D eigenvalue weighted by atomic mass is 15.3. The molecule has 5 heteroatoms. The van der Waals surface area contributed by atoms with Crippen LogP contribution in [0.5, 0.6) is 0 Å². The quantitative estimate of drug-likeness (QED) is 0.776. The Morgan fingerprint density at radius 3 is 2.58 bits per heavy atom. The number of rotatable bonds is 8. The van der Waals surface area contributed by atoms with Gasteiger partial charge in [-0.25, -0.2) is 4.98 Å². The normalized spacial score (nSPS) is 16.6. The maximum Gasteiger partial charge on any atom is 0.138 e. The number of nitrogens with one attached hydrogen (secondary N) is 1. The maximum absolute atomic E-state index is 4.42. The van der Waals surface area contributed by atoms with E-state index in [0.717, 1.165) is 31.6 Å². The number of nitrogens with zero attached hydrogens (tertiary/aromatic N) is 4. The first-order valence-electron chi connectivity index (χ1n) is 7.20. The number of likely N-dealkylation sites (N-methyl/N-ethyl adjacent to an activating group) is 2. The summed E-state index contributed by atoms with van der Waals surface area (Å²) in [5.74, 6) is 1.07. The van der Waals surface area contributed by atoms with Gasteiger partial charge >= 0.3 is 0 Å². The first-order chi connectivity index (χ1) is 8.99. The molecule has 1 N–H and O–H groups in total. The van der Waals surface area contributed by atoms with Gasteiger partial charge in [0, 0.05) is 24.5 Å². The molecule has 5 nitrogen and oxygen atoms in total. The SMILES string of the molecule is CCCn1ncnc1CC(NC)C(C)(CC)N(C)C. The molecule has 19 heavy (non-hydrogen) atoms. The van der Waals surface area contributed by atoms with Crippen LogP contribution in [-0.2, 0) is 13.0 Å². The van der Waals surface area contributed by atoms with Crippen LogP contribution in [0, 0.1) is 0 Å². The molecule has 0 saturated heterocycles. The highest BCUT2D eigenvalue weighted by molar-refractivity contribution is 5.00. The molecule has 2 atom stereocenters. The molecule has 0 amide bonds. The van der Waals surface area contributed by atoms with Crippen molar-refractivity contribution in [3.05, 3.63) is 12.2 Å². The molecule has 1 heterocycles. The van der Waals surface area contributed by atoms with Gasteiger partial charge in [-0.1, -0.05) is 13.8 Å². The summed E-state index contributed by atoms with van der Waals surface area (Å²) in [5.41, 5.74) is 0.109. The minimum absolute atomic E-state index is 0.109. The topological polar surface area (TPSA) is 46.0 Å². The van der Waals surface area contributed by atoms with Gasteiger partial charge in [0.2, 0.25) is 0 Å². The van der Waals surface area contributed by atoms with Gasteiger partial charge in [-0.3, -0.25) is 4.68 Å². The number of hydrogen-bond donors (Lipinski definition) is 1. The fraction of sp³-hybridized carbons (Fsp3) is 0.857. The number of hydrogen-bond acceptors (Lipinski definition) is 4. The molecule has 0 saturated carbocycles. The Kier molecular flexibility index (Phi) is 5.94. The molecule has 0 fully saturated rings. The minimum Gasteiger partial charge on any atom is -0.315 e. The summed E-state index contributed by atoms with van der Waals surface area (Å²) in [5, 5.41) is 7.77. The van der Waals surface area contributed by atoms with Crippen molar-refractivity contribution in [1.82, 2.24) is 25.0 Å². The fourth-order valence-electron chi connectivity index (χ4n) is 2.53. The Labute approximate surface area is 117 Å². The zero-order valence-electron chi connectivity index (χ0n) is 13.3. The lowest BCUT2D eigenvalue weighted by molar-refractivity contribution is 0.115. The lowest BCUT2D eigenvalue weighted by Gasteiger charge is -2.42. The number of aryl methyl sites for hydroxylation is 1. The van der Waals surface area contributed by atoms with Crippen molar-refractivity contribution in [2.45, 2.75) is 58.2 Å². The average Bonchev–Trinajstić information content (AvgIpc) is 2.82. The van der Waals surface area contributed by atoms with Crippen LogP contribution in [0.1, 0.15) is 39.4 Å². The number of aromatic nitrogens is 3. The van der Waals surface area contributed by atoms with Crippen molar-refractivity contribution in [2.24, 2.45) is 0 Å². The van der Waals surface area contributed by atoms with E-state index in [1.54, 1.807) is 6.33 Å². The molecule has 0 spiro atoms. The van der Waals surface area contributed by atoms with Crippen molar-refractivity contribution in [3.63, 3.8) is 0 Å². The molecule has 0 aliphatic heterocycles. The minimum atomic E-state index is 0.109. The molecule has 1 aromatic heterocycles. The Morgan fingerprint density at radius 2 is 2.11 bits per heavy atom. The second kappa shape index (κ2) is 7.01. The van der Waals surface area contributed by atoms with Crippen LogP contribution in [0.2, 0.25) is 0 Å². The molecule has 1 aromatic rings. The first-order valence-corrected chi connectivity index (χ1v) is 7.20. The summed E-state index contributed by atoms with van der Waals surface area (Å²) in [6.45, 7) is 7.64. The van der Waals surface area contributed by atoms with Crippen LogP contribution >= 0.6 is 0 Å². The van der Waals surface area contributed by atoms with Gasteiger partial charge in [-0.15, -0.1) is 0 Å². The zero-order chi connectivity index (χ0) is 14.5. The lowest BCUT2D eigenvalue weighted by atomic mass is 9.86. The molecule has 0 aromatic carbocycles. The Balaban J connectivity index is 2.89. The van der Waals surface area contributed by atoms with Gasteiger partial charge in [0.05, 0.1) is 0 Å². The van der Waals surface area contributed by atoms with Gasteiger partial charge in [-0.05, 0) is 40.9 Å². The second-order valence-corrected chi connectivity index (χ2v) is 5.55. The summed E-state index contributed by atoms with van der Waals surface area (Å²) in [6, 6.07) is 0.354. The Bertz CT molecular complexity index is 374. The summed E-state index contributed by atoms with van der Waals surface area (Å²) < 4.78 is 2.02. The first kappa shape index (κ1) is 16.1. The smallest absolute Gasteiger partial charge is 0.138 e. The standard InChI is InChI=1S/C14H29N5/c1-7-9-19-13(16-11-17-19)10-12(15-4)14(3,8-2)18(5)6/h11-12,15H,7-10H2,1-6H3. The van der Waals surface area contributed by atoms with E-state index in [9.17, 15) is 0 Å². The predicted octanol–water partition coefficient (Wildman–Crippen LogP) is 1.55. The van der Waals surface area contributed by atoms with Gasteiger partial charge in [0.25, 0.3) is 0 Å². The van der Waals surface area contributed by atoms with Crippen LogP contribution < -0.4 is 5.32 Å². The highest BCUT2D eigenvalue weighted by Crippen LogP contribution is 2.23. The summed E-state index contributed by atoms with van der Waals surface area (Å²) >= 11 is 0. The maximum atomic E-state index is 4.42. The van der Waals surface area contributed by atoms with E-state index in [2.05, 4.69) is 55.2 Å². The highest BCUT2D eigenvalue weighted by Gasteiger charge is 2.34. The van der Waals surface area contributed by atoms with Gasteiger partial charge in [0.1, 0.15) is 12.2 Å². The fourth-order valence-corrected chi connectivity index (χ4v) is 2.53. The van der Waals surface area contributed by atoms with Crippen LogP contribution in [0.25, 0.3) is 0 Å². The van der Waals surface area contributed by atoms with Crippen LogP contribution in [0.3, 0.4) is 0 Å². The molecule has 1 rings (SSSR count). The zero-order valence-corrected chi connectivity index (χ0v) is 13.3. The lowest BCUT2D eigenvalue weighted by Crippen LogP contribution is -2.57. The van der Waals surface area contributed by atoms with Gasteiger partial charge < -0.3 is 10.2 Å². The van der Waals surface area contributed by atoms with E-state index in [4.69, 9.17) is 0 Å². The Morgan fingerprint density at radius 1 is 1.42 bits per heavy atom. The van der Waals surface area contributed by atoms with Gasteiger partial charge in [0.15, 0.2) is 0 Å². The molecule has 0 aliphatic rings. The molecule has 110 valence electrons. The van der Waals surface area contributed by atoms with Gasteiger partial charge in [-0.2, -0.15) is 5.10 Å². The van der Waals surface area contributed by atoms with Crippen molar-refractivity contribution in [1.29, 1.82) is 0 Å². The summed E-state index contributed by atoms with van der Waals surface area (Å²) in [6.07, 6.45) is 4.74. The van der Waals surface area contributed by atoms with E-state index < -0.39 is 0 Å². The second-order valence-electron chi connectivity index (χ2n) is 5.55. The van der Waals surface area contributed by atoms with Crippen LogP contribution in [-0.4, -0.2) is 52.4 Å². The van der Waals surface area contributed by atoms with E-state index in [0.29, 0.717) is 6.04 Å². The monoisotopic (exact) mass is 267 g/mol. The predicted molar refractivity (Wildman–Crippen MR) is 79.2 cm³/mol. The third kappa shape index (κ3) is 3.54. The molecule has 2 unspecified atom stereocenters. The average molecular weight is 267 g/mol. The van der Waals surface area contributed by atoms with E-state index >= 15 is 0 Å². The third-order valence-corrected chi connectivity index (χ3v) is 4.35. The Hall–Kier alpha value is -0.940. The van der Waals surface area contributed by atoms with Crippen LogP contribution in [0.4, 0.5) is 0 Å². The van der Waals surface area contributed by atoms with Crippen molar-refractivity contribution in [2.75, 3.05) is 21.1 Å². The van der Waals surface area contributed by atoms with E-state index in [1.165, 1.54) is 0 Å². The van der Waals surface area contributed by atoms with Crippen molar-refractivity contribution < 1.29 is 0 Å². The molecular formula is C14H29N5.